The minimum absolute atomic E-state index is 0.00178. The van der Waals surface area contributed by atoms with Crippen LogP contribution in [0.3, 0.4) is 0 Å². The summed E-state index contributed by atoms with van der Waals surface area (Å²) in [6, 6.07) is 14.2. The van der Waals surface area contributed by atoms with Crippen LogP contribution >= 0.6 is 0 Å². The molecule has 0 fully saturated rings. The molecule has 0 saturated carbocycles. The van der Waals surface area contributed by atoms with Crippen LogP contribution in [0.5, 0.6) is 0 Å². The molecule has 0 aliphatic carbocycles. The molecule has 1 amide bonds. The number of aromatic amines is 1. The van der Waals surface area contributed by atoms with E-state index in [2.05, 4.69) is 61.0 Å². The van der Waals surface area contributed by atoms with Crippen LogP contribution in [-0.4, -0.2) is 54.0 Å². The van der Waals surface area contributed by atoms with E-state index in [0.717, 1.165) is 29.0 Å². The zero-order valence-corrected chi connectivity index (χ0v) is 18.9. The van der Waals surface area contributed by atoms with Crippen LogP contribution in [0.1, 0.15) is 38.2 Å². The molecule has 3 aromatic rings. The predicted molar refractivity (Wildman–Crippen MR) is 125 cm³/mol. The van der Waals surface area contributed by atoms with Crippen LogP contribution in [0.4, 0.5) is 11.5 Å². The number of rotatable bonds is 8. The molecule has 0 atom stereocenters. The molecule has 2 N–H and O–H groups in total. The van der Waals surface area contributed by atoms with Crippen molar-refractivity contribution in [2.75, 3.05) is 37.4 Å². The Morgan fingerprint density at radius 1 is 1.13 bits per heavy atom. The molecule has 0 bridgehead atoms. The lowest BCUT2D eigenvalue weighted by atomic mass is 9.92. The minimum atomic E-state index is -0.127. The molecule has 2 aromatic heterocycles. The van der Waals surface area contributed by atoms with Crippen LogP contribution in [-0.2, 0) is 0 Å². The van der Waals surface area contributed by atoms with Gasteiger partial charge in [0.2, 0.25) is 0 Å². The van der Waals surface area contributed by atoms with Crippen molar-refractivity contribution in [3.8, 4) is 0 Å². The van der Waals surface area contributed by atoms with Gasteiger partial charge in [-0.25, -0.2) is 4.98 Å². The highest BCUT2D eigenvalue weighted by Crippen LogP contribution is 2.27. The molecule has 2 heterocycles. The zero-order chi connectivity index (χ0) is 21.9. The summed E-state index contributed by atoms with van der Waals surface area (Å²) in [5, 5.41) is 4.51. The molecule has 160 valence electrons. The Morgan fingerprint density at radius 3 is 2.57 bits per heavy atom. The van der Waals surface area contributed by atoms with Crippen molar-refractivity contribution in [1.82, 2.24) is 14.9 Å². The van der Waals surface area contributed by atoms with Gasteiger partial charge in [0.15, 0.2) is 5.82 Å². The number of benzene rings is 1. The first-order chi connectivity index (χ1) is 14.2. The molecule has 3 rings (SSSR count). The molecule has 0 aliphatic rings. The topological polar surface area (TPSA) is 64.3 Å². The fourth-order valence-electron chi connectivity index (χ4n) is 4.00. The molecule has 6 heteroatoms. The van der Waals surface area contributed by atoms with Crippen molar-refractivity contribution in [1.29, 1.82) is 0 Å². The van der Waals surface area contributed by atoms with Gasteiger partial charge in [-0.15, -0.1) is 0 Å². The normalized spacial score (nSPS) is 11.7. The SMILES string of the molecule is CC(C)Nc1cccnc1N(C)CC(C)(C)CN(C)C(=O)c1cc2ccccc2[nH]1. The highest BCUT2D eigenvalue weighted by atomic mass is 16.2. The summed E-state index contributed by atoms with van der Waals surface area (Å²) in [5.74, 6) is 0.922. The summed E-state index contributed by atoms with van der Waals surface area (Å²) >= 11 is 0. The quantitative estimate of drug-likeness (QED) is 0.572. The second kappa shape index (κ2) is 8.78. The number of anilines is 2. The first-order valence-electron chi connectivity index (χ1n) is 10.4. The predicted octanol–water partition coefficient (Wildman–Crippen LogP) is 4.62. The van der Waals surface area contributed by atoms with Crippen molar-refractivity contribution >= 4 is 28.3 Å². The maximum Gasteiger partial charge on any atom is 0.270 e. The molecule has 0 unspecified atom stereocenters. The van der Waals surface area contributed by atoms with E-state index in [1.54, 1.807) is 4.90 Å². The molecule has 30 heavy (non-hydrogen) atoms. The summed E-state index contributed by atoms with van der Waals surface area (Å²) < 4.78 is 0. The number of hydrogen-bond donors (Lipinski definition) is 2. The number of amides is 1. The third-order valence-electron chi connectivity index (χ3n) is 5.03. The average molecular weight is 408 g/mol. The number of para-hydroxylation sites is 1. The van der Waals surface area contributed by atoms with E-state index >= 15 is 0 Å². The molecule has 0 saturated heterocycles. The summed E-state index contributed by atoms with van der Waals surface area (Å²) in [6.07, 6.45) is 1.82. The van der Waals surface area contributed by atoms with Gasteiger partial charge in [0.1, 0.15) is 5.69 Å². The Labute approximate surface area is 179 Å². The lowest BCUT2D eigenvalue weighted by Gasteiger charge is -2.35. The van der Waals surface area contributed by atoms with Gasteiger partial charge >= 0.3 is 0 Å². The molecule has 6 nitrogen and oxygen atoms in total. The molecular weight excluding hydrogens is 374 g/mol. The Bertz CT molecular complexity index is 975. The van der Waals surface area contributed by atoms with Crippen molar-refractivity contribution in [2.45, 2.75) is 33.7 Å². The first kappa shape index (κ1) is 21.7. The van der Waals surface area contributed by atoms with Crippen molar-refractivity contribution < 1.29 is 4.79 Å². The number of hydrogen-bond acceptors (Lipinski definition) is 4. The zero-order valence-electron chi connectivity index (χ0n) is 18.9. The van der Waals surface area contributed by atoms with Gasteiger partial charge in [-0.05, 0) is 43.5 Å². The van der Waals surface area contributed by atoms with Crippen molar-refractivity contribution in [3.05, 3.63) is 54.4 Å². The second-order valence-electron chi connectivity index (χ2n) is 9.13. The number of nitrogens with one attached hydrogen (secondary N) is 2. The summed E-state index contributed by atoms with van der Waals surface area (Å²) in [7, 11) is 3.91. The lowest BCUT2D eigenvalue weighted by molar-refractivity contribution is 0.0735. The number of H-pyrrole nitrogens is 1. The van der Waals surface area contributed by atoms with E-state index in [1.807, 2.05) is 49.6 Å². The lowest BCUT2D eigenvalue weighted by Crippen LogP contribution is -2.42. The van der Waals surface area contributed by atoms with E-state index in [0.29, 0.717) is 18.3 Å². The molecule has 0 aliphatic heterocycles. The third-order valence-corrected chi connectivity index (χ3v) is 5.03. The van der Waals surface area contributed by atoms with Crippen molar-refractivity contribution in [2.24, 2.45) is 5.41 Å². The average Bonchev–Trinajstić information content (AvgIpc) is 3.10. The maximum absolute atomic E-state index is 13.0. The van der Waals surface area contributed by atoms with Gasteiger partial charge < -0.3 is 20.1 Å². The number of aromatic nitrogens is 2. The van der Waals surface area contributed by atoms with Gasteiger partial charge in [0, 0.05) is 50.3 Å². The molecule has 0 spiro atoms. The van der Waals surface area contributed by atoms with E-state index in [-0.39, 0.29) is 11.3 Å². The first-order valence-corrected chi connectivity index (χ1v) is 10.4. The Morgan fingerprint density at radius 2 is 1.87 bits per heavy atom. The van der Waals surface area contributed by atoms with E-state index in [1.165, 1.54) is 0 Å². The van der Waals surface area contributed by atoms with E-state index in [9.17, 15) is 4.79 Å². The summed E-state index contributed by atoms with van der Waals surface area (Å²) in [6.45, 7) is 9.98. The molecule has 1 aromatic carbocycles. The number of pyridine rings is 1. The molecular formula is C24H33N5O. The van der Waals surface area contributed by atoms with E-state index in [4.69, 9.17) is 0 Å². The van der Waals surface area contributed by atoms with Crippen LogP contribution < -0.4 is 10.2 Å². The van der Waals surface area contributed by atoms with Crippen LogP contribution in [0.15, 0.2) is 48.7 Å². The van der Waals surface area contributed by atoms with Crippen molar-refractivity contribution in [3.63, 3.8) is 0 Å². The van der Waals surface area contributed by atoms with Gasteiger partial charge in [-0.3, -0.25) is 4.79 Å². The van der Waals surface area contributed by atoms with Gasteiger partial charge in [0.25, 0.3) is 5.91 Å². The van der Waals surface area contributed by atoms with Crippen LogP contribution in [0.2, 0.25) is 0 Å². The Kier molecular flexibility index (Phi) is 6.34. The largest absolute Gasteiger partial charge is 0.380 e. The van der Waals surface area contributed by atoms with Gasteiger partial charge in [0.05, 0.1) is 5.69 Å². The minimum Gasteiger partial charge on any atom is -0.380 e. The fourth-order valence-corrected chi connectivity index (χ4v) is 4.00. The van der Waals surface area contributed by atoms with E-state index < -0.39 is 0 Å². The van der Waals surface area contributed by atoms with Crippen LogP contribution in [0.25, 0.3) is 10.9 Å². The number of nitrogens with zero attached hydrogens (tertiary/aromatic N) is 3. The smallest absolute Gasteiger partial charge is 0.270 e. The second-order valence-corrected chi connectivity index (χ2v) is 9.13. The highest BCUT2D eigenvalue weighted by molar-refractivity contribution is 5.97. The maximum atomic E-state index is 13.0. The summed E-state index contributed by atoms with van der Waals surface area (Å²) in [4.78, 5) is 24.8. The monoisotopic (exact) mass is 407 g/mol. The number of fused-ring (bicyclic) bond motifs is 1. The Balaban J connectivity index is 1.69. The Hall–Kier alpha value is -3.02. The third kappa shape index (κ3) is 5.12. The standard InChI is InChI=1S/C24H33N5O/c1-17(2)26-20-12-9-13-25-22(20)28(5)15-24(3,4)16-29(6)23(30)21-14-18-10-7-8-11-19(18)27-21/h7-14,17,26-27H,15-16H2,1-6H3. The highest BCUT2D eigenvalue weighted by Gasteiger charge is 2.27. The van der Waals surface area contributed by atoms with Gasteiger partial charge in [-0.2, -0.15) is 0 Å². The van der Waals surface area contributed by atoms with Gasteiger partial charge in [-0.1, -0.05) is 32.0 Å². The number of carbonyl (C=O) groups is 1. The van der Waals surface area contributed by atoms with Crippen LogP contribution in [0, 0.1) is 5.41 Å². The fraction of sp³-hybridized carbons (Fsp3) is 0.417. The molecule has 0 radical (unpaired) electrons. The number of carbonyl (C=O) groups excluding carboxylic acids is 1. The summed E-state index contributed by atoms with van der Waals surface area (Å²) in [5.41, 5.74) is 2.50.